The summed E-state index contributed by atoms with van der Waals surface area (Å²) in [4.78, 5) is 24.4. The zero-order chi connectivity index (χ0) is 11.1. The SMILES string of the molecule is O=CCCN1C[C@@H]2CC(F)(F)CN2C1=O. The third-order valence-electron chi connectivity index (χ3n) is 2.84. The molecule has 84 valence electrons. The van der Waals surface area contributed by atoms with Gasteiger partial charge in [-0.25, -0.2) is 13.6 Å². The normalized spacial score (nSPS) is 28.4. The number of halogens is 2. The second-order valence-corrected chi connectivity index (χ2v) is 4.03. The van der Waals surface area contributed by atoms with Crippen molar-refractivity contribution in [3.63, 3.8) is 0 Å². The van der Waals surface area contributed by atoms with Crippen molar-refractivity contribution < 1.29 is 18.4 Å². The van der Waals surface area contributed by atoms with E-state index in [2.05, 4.69) is 0 Å². The lowest BCUT2D eigenvalue weighted by Crippen LogP contribution is -2.35. The molecule has 0 aromatic carbocycles. The molecule has 0 spiro atoms. The number of amides is 2. The Hall–Kier alpha value is -1.20. The quantitative estimate of drug-likeness (QED) is 0.655. The molecule has 2 fully saturated rings. The summed E-state index contributed by atoms with van der Waals surface area (Å²) in [5.41, 5.74) is 0. The number of alkyl halides is 2. The molecule has 2 rings (SSSR count). The Balaban J connectivity index is 1.99. The van der Waals surface area contributed by atoms with Crippen molar-refractivity contribution in [3.8, 4) is 0 Å². The summed E-state index contributed by atoms with van der Waals surface area (Å²) in [6.45, 7) is 0.178. The van der Waals surface area contributed by atoms with Gasteiger partial charge in [-0.2, -0.15) is 0 Å². The van der Waals surface area contributed by atoms with Gasteiger partial charge in [0.1, 0.15) is 6.29 Å². The Morgan fingerprint density at radius 3 is 2.87 bits per heavy atom. The van der Waals surface area contributed by atoms with Crippen LogP contribution in [0.2, 0.25) is 0 Å². The fraction of sp³-hybridized carbons (Fsp3) is 0.778. The van der Waals surface area contributed by atoms with Crippen LogP contribution in [-0.2, 0) is 4.79 Å². The molecule has 2 heterocycles. The van der Waals surface area contributed by atoms with Gasteiger partial charge < -0.3 is 14.6 Å². The zero-order valence-electron chi connectivity index (χ0n) is 8.16. The molecule has 4 nitrogen and oxygen atoms in total. The predicted molar refractivity (Wildman–Crippen MR) is 47.7 cm³/mol. The summed E-state index contributed by atoms with van der Waals surface area (Å²) in [7, 11) is 0. The van der Waals surface area contributed by atoms with Gasteiger partial charge in [0.15, 0.2) is 0 Å². The highest BCUT2D eigenvalue weighted by atomic mass is 19.3. The number of nitrogens with zero attached hydrogens (tertiary/aromatic N) is 2. The smallest absolute Gasteiger partial charge is 0.320 e. The van der Waals surface area contributed by atoms with Gasteiger partial charge in [-0.15, -0.1) is 0 Å². The second kappa shape index (κ2) is 3.43. The Kier molecular flexibility index (Phi) is 2.36. The molecular weight excluding hydrogens is 206 g/mol. The van der Waals surface area contributed by atoms with E-state index in [-0.39, 0.29) is 24.9 Å². The van der Waals surface area contributed by atoms with E-state index in [1.54, 1.807) is 0 Å². The van der Waals surface area contributed by atoms with Crippen LogP contribution in [0.1, 0.15) is 12.8 Å². The first-order valence-electron chi connectivity index (χ1n) is 4.90. The van der Waals surface area contributed by atoms with Crippen molar-refractivity contribution in [1.29, 1.82) is 0 Å². The van der Waals surface area contributed by atoms with E-state index in [0.29, 0.717) is 13.1 Å². The molecule has 0 N–H and O–H groups in total. The van der Waals surface area contributed by atoms with Gasteiger partial charge in [0.2, 0.25) is 0 Å². The fourth-order valence-corrected chi connectivity index (χ4v) is 2.19. The van der Waals surface area contributed by atoms with E-state index in [1.165, 1.54) is 9.80 Å². The lowest BCUT2D eigenvalue weighted by Gasteiger charge is -2.17. The number of hydrogen-bond acceptors (Lipinski definition) is 2. The fourth-order valence-electron chi connectivity index (χ4n) is 2.19. The van der Waals surface area contributed by atoms with Crippen LogP contribution in [0.3, 0.4) is 0 Å². The summed E-state index contributed by atoms with van der Waals surface area (Å²) >= 11 is 0. The van der Waals surface area contributed by atoms with Crippen molar-refractivity contribution in [2.45, 2.75) is 24.8 Å². The van der Waals surface area contributed by atoms with Crippen molar-refractivity contribution in [2.75, 3.05) is 19.6 Å². The van der Waals surface area contributed by atoms with E-state index < -0.39 is 12.5 Å². The summed E-state index contributed by atoms with van der Waals surface area (Å²) in [6.07, 6.45) is 0.740. The molecule has 0 aromatic heterocycles. The number of hydrogen-bond donors (Lipinski definition) is 0. The topological polar surface area (TPSA) is 40.6 Å². The maximum absolute atomic E-state index is 12.9. The van der Waals surface area contributed by atoms with Crippen LogP contribution in [-0.4, -0.2) is 53.7 Å². The average Bonchev–Trinajstić information content (AvgIpc) is 2.58. The van der Waals surface area contributed by atoms with Gasteiger partial charge in [-0.1, -0.05) is 0 Å². The molecule has 0 radical (unpaired) electrons. The lowest BCUT2D eigenvalue weighted by atomic mass is 10.2. The van der Waals surface area contributed by atoms with E-state index in [4.69, 9.17) is 0 Å². The number of carbonyl (C=O) groups is 2. The summed E-state index contributed by atoms with van der Waals surface area (Å²) in [5.74, 6) is -2.74. The van der Waals surface area contributed by atoms with E-state index in [0.717, 1.165) is 6.29 Å². The molecule has 2 aliphatic rings. The first kappa shape index (κ1) is 10.3. The predicted octanol–water partition coefficient (Wildman–Crippen LogP) is 0.721. The molecule has 0 unspecified atom stereocenters. The zero-order valence-corrected chi connectivity index (χ0v) is 8.16. The Morgan fingerprint density at radius 2 is 2.27 bits per heavy atom. The molecule has 0 bridgehead atoms. The summed E-state index contributed by atoms with van der Waals surface area (Å²) in [6, 6.07) is -0.738. The van der Waals surface area contributed by atoms with Crippen molar-refractivity contribution >= 4 is 12.3 Å². The molecule has 15 heavy (non-hydrogen) atoms. The highest BCUT2D eigenvalue weighted by Gasteiger charge is 2.52. The summed E-state index contributed by atoms with van der Waals surface area (Å²) < 4.78 is 25.9. The van der Waals surface area contributed by atoms with Crippen LogP contribution in [0.15, 0.2) is 0 Å². The van der Waals surface area contributed by atoms with Gasteiger partial charge >= 0.3 is 6.03 Å². The molecule has 2 saturated heterocycles. The Bertz CT molecular complexity index is 296. The van der Waals surface area contributed by atoms with Crippen LogP contribution in [0.4, 0.5) is 13.6 Å². The van der Waals surface area contributed by atoms with E-state index in [1.807, 2.05) is 0 Å². The second-order valence-electron chi connectivity index (χ2n) is 4.03. The highest BCUT2D eigenvalue weighted by Crippen LogP contribution is 2.36. The van der Waals surface area contributed by atoms with Crippen LogP contribution in [0, 0.1) is 0 Å². The van der Waals surface area contributed by atoms with Gasteiger partial charge in [0.05, 0.1) is 12.6 Å². The number of fused-ring (bicyclic) bond motifs is 1. The van der Waals surface area contributed by atoms with Gasteiger partial charge in [0.25, 0.3) is 5.92 Å². The lowest BCUT2D eigenvalue weighted by molar-refractivity contribution is -0.108. The number of rotatable bonds is 3. The number of aldehydes is 1. The van der Waals surface area contributed by atoms with Gasteiger partial charge in [-0.05, 0) is 0 Å². The molecule has 0 aliphatic carbocycles. The first-order chi connectivity index (χ1) is 7.03. The third kappa shape index (κ3) is 1.80. The first-order valence-corrected chi connectivity index (χ1v) is 4.90. The van der Waals surface area contributed by atoms with Crippen LogP contribution in [0.25, 0.3) is 0 Å². The minimum atomic E-state index is -2.74. The standard InChI is InChI=1S/C9H12F2N2O2/c10-9(11)4-7-5-12(2-1-3-14)8(15)13(7)6-9/h3,7H,1-2,4-6H2/t7-/m0/s1. The number of urea groups is 1. The molecule has 6 heteroatoms. The highest BCUT2D eigenvalue weighted by molar-refractivity contribution is 5.78. The van der Waals surface area contributed by atoms with Crippen LogP contribution in [0.5, 0.6) is 0 Å². The molecule has 2 amide bonds. The maximum Gasteiger partial charge on any atom is 0.320 e. The van der Waals surface area contributed by atoms with E-state index in [9.17, 15) is 18.4 Å². The average molecular weight is 218 g/mol. The van der Waals surface area contributed by atoms with Crippen molar-refractivity contribution in [1.82, 2.24) is 9.80 Å². The van der Waals surface area contributed by atoms with E-state index >= 15 is 0 Å². The largest absolute Gasteiger partial charge is 0.322 e. The van der Waals surface area contributed by atoms with Crippen molar-refractivity contribution in [2.24, 2.45) is 0 Å². The summed E-state index contributed by atoms with van der Waals surface area (Å²) in [5, 5.41) is 0. The monoisotopic (exact) mass is 218 g/mol. The third-order valence-corrected chi connectivity index (χ3v) is 2.84. The van der Waals surface area contributed by atoms with Gasteiger partial charge in [0, 0.05) is 25.9 Å². The minimum Gasteiger partial charge on any atom is -0.322 e. The molecule has 1 atom stereocenters. The van der Waals surface area contributed by atoms with Crippen molar-refractivity contribution in [3.05, 3.63) is 0 Å². The van der Waals surface area contributed by atoms with Gasteiger partial charge in [-0.3, -0.25) is 0 Å². The number of carbonyl (C=O) groups excluding carboxylic acids is 2. The van der Waals surface area contributed by atoms with Crippen LogP contribution >= 0.6 is 0 Å². The maximum atomic E-state index is 12.9. The molecule has 0 saturated carbocycles. The minimum absolute atomic E-state index is 0.254. The molecule has 0 aromatic rings. The Labute approximate surface area is 85.8 Å². The van der Waals surface area contributed by atoms with Crippen LogP contribution < -0.4 is 0 Å². The molecule has 2 aliphatic heterocycles. The Morgan fingerprint density at radius 1 is 1.53 bits per heavy atom. The molecular formula is C9H12F2N2O2.